The van der Waals surface area contributed by atoms with Gasteiger partial charge in [0.2, 0.25) is 5.82 Å². The maximum atomic E-state index is 13.4. The average molecular weight is 550 g/mol. The molecule has 196 valence electrons. The van der Waals surface area contributed by atoms with Gasteiger partial charge < -0.3 is 14.3 Å². The average Bonchev–Trinajstić information content (AvgIpc) is 3.39. The molecule has 0 aliphatic heterocycles. The summed E-state index contributed by atoms with van der Waals surface area (Å²) >= 11 is 6.14. The molecule has 0 saturated heterocycles. The van der Waals surface area contributed by atoms with Gasteiger partial charge in [0.05, 0.1) is 22.7 Å². The van der Waals surface area contributed by atoms with Crippen LogP contribution in [0.25, 0.3) is 33.5 Å². The van der Waals surface area contributed by atoms with E-state index in [4.69, 9.17) is 25.9 Å². The van der Waals surface area contributed by atoms with Crippen molar-refractivity contribution in [3.63, 3.8) is 0 Å². The van der Waals surface area contributed by atoms with Crippen LogP contribution in [0.1, 0.15) is 21.5 Å². The Balaban J connectivity index is 1.30. The maximum Gasteiger partial charge on any atom is 0.335 e. The monoisotopic (exact) mass is 549 g/mol. The third kappa shape index (κ3) is 5.08. The van der Waals surface area contributed by atoms with Gasteiger partial charge in [-0.05, 0) is 83.9 Å². The van der Waals surface area contributed by atoms with Gasteiger partial charge in [-0.2, -0.15) is 9.78 Å². The summed E-state index contributed by atoms with van der Waals surface area (Å²) in [7, 11) is 0. The molecule has 0 spiro atoms. The second-order valence-corrected chi connectivity index (χ2v) is 9.41. The summed E-state index contributed by atoms with van der Waals surface area (Å²) < 4.78 is 13.0. The number of nitrogens with zero attached hydrogens (tertiary/aromatic N) is 3. The highest BCUT2D eigenvalue weighted by molar-refractivity contribution is 6.31. The molecule has 6 rings (SSSR count). The fraction of sp³-hybridized carbons (Fsp3) is 0.0323. The predicted molar refractivity (Wildman–Crippen MR) is 153 cm³/mol. The first kappa shape index (κ1) is 25.1. The van der Waals surface area contributed by atoms with Crippen LogP contribution in [0.15, 0.2) is 111 Å². The summed E-state index contributed by atoms with van der Waals surface area (Å²) in [5, 5.41) is 15.4. The Morgan fingerprint density at radius 2 is 1.82 bits per heavy atom. The molecule has 0 saturated carbocycles. The molecule has 9 heteroatoms. The van der Waals surface area contributed by atoms with Gasteiger partial charge in [0.15, 0.2) is 5.76 Å². The number of para-hydroxylation sites is 1. The first-order chi connectivity index (χ1) is 19.4. The molecule has 40 heavy (non-hydrogen) atoms. The second kappa shape index (κ2) is 10.5. The van der Waals surface area contributed by atoms with Crippen molar-refractivity contribution in [2.45, 2.75) is 6.61 Å². The highest BCUT2D eigenvalue weighted by atomic mass is 35.5. The fourth-order valence-electron chi connectivity index (χ4n) is 4.25. The van der Waals surface area contributed by atoms with Crippen molar-refractivity contribution in [1.29, 1.82) is 0 Å². The quantitative estimate of drug-likeness (QED) is 0.224. The molecule has 0 atom stereocenters. The van der Waals surface area contributed by atoms with Gasteiger partial charge in [0.1, 0.15) is 17.9 Å². The number of furan rings is 1. The van der Waals surface area contributed by atoms with Gasteiger partial charge in [-0.1, -0.05) is 35.9 Å². The largest absolute Gasteiger partial charge is 0.489 e. The third-order valence-electron chi connectivity index (χ3n) is 6.23. The van der Waals surface area contributed by atoms with Crippen molar-refractivity contribution in [1.82, 2.24) is 9.66 Å². The van der Waals surface area contributed by atoms with Crippen molar-refractivity contribution in [2.24, 2.45) is 5.10 Å². The number of halogens is 1. The van der Waals surface area contributed by atoms with Crippen LogP contribution in [0, 0.1) is 0 Å². The van der Waals surface area contributed by atoms with Crippen LogP contribution < -0.4 is 10.3 Å². The zero-order chi connectivity index (χ0) is 27.6. The number of aromatic nitrogens is 2. The van der Waals surface area contributed by atoms with Crippen LogP contribution >= 0.6 is 11.6 Å². The third-order valence-corrected chi connectivity index (χ3v) is 6.47. The molecular formula is C31H20ClN3O5. The number of fused-ring (bicyclic) bond motifs is 2. The minimum atomic E-state index is -0.987. The van der Waals surface area contributed by atoms with Gasteiger partial charge in [-0.3, -0.25) is 4.79 Å². The van der Waals surface area contributed by atoms with Gasteiger partial charge in [0.25, 0.3) is 5.56 Å². The van der Waals surface area contributed by atoms with Crippen molar-refractivity contribution in [3.05, 3.63) is 129 Å². The first-order valence-corrected chi connectivity index (χ1v) is 12.6. The minimum absolute atomic E-state index is 0.205. The normalized spacial score (nSPS) is 11.4. The van der Waals surface area contributed by atoms with Crippen molar-refractivity contribution in [2.75, 3.05) is 0 Å². The van der Waals surface area contributed by atoms with E-state index in [-0.39, 0.29) is 23.6 Å². The number of benzene rings is 4. The SMILES string of the molecule is O=C(O)c1cccc(COc2ccc(C=Nn3c(-c4cc5cc(Cl)ccc5o4)nc4ccccc4c3=O)cc2)c1. The molecule has 0 fully saturated rings. The van der Waals surface area contributed by atoms with Crippen LogP contribution in [-0.2, 0) is 6.61 Å². The Kier molecular flexibility index (Phi) is 6.59. The summed E-state index contributed by atoms with van der Waals surface area (Å²) in [6, 6.07) is 27.9. The topological polar surface area (TPSA) is 107 Å². The summed E-state index contributed by atoms with van der Waals surface area (Å²) in [5.41, 5.74) is 2.48. The number of carbonyl (C=O) groups is 1. The van der Waals surface area contributed by atoms with E-state index in [1.54, 1.807) is 91.1 Å². The molecule has 4 aromatic carbocycles. The van der Waals surface area contributed by atoms with Crippen LogP contribution in [0.5, 0.6) is 5.75 Å². The van der Waals surface area contributed by atoms with Crippen LogP contribution in [0.4, 0.5) is 0 Å². The molecule has 0 aliphatic rings. The van der Waals surface area contributed by atoms with Crippen molar-refractivity contribution >= 4 is 45.7 Å². The Morgan fingerprint density at radius 3 is 2.65 bits per heavy atom. The standard InChI is InChI=1S/C31H20ClN3O5/c32-23-10-13-27-22(15-23)16-28(40-27)29-34-26-7-2-1-6-25(26)30(36)35(29)33-17-19-8-11-24(12-9-19)39-18-20-4-3-5-21(14-20)31(37)38/h1-17H,18H2,(H,37,38). The van der Waals surface area contributed by atoms with E-state index in [0.29, 0.717) is 33.0 Å². The molecule has 1 N–H and O–H groups in total. The Hall–Kier alpha value is -5.21. The molecular weight excluding hydrogens is 530 g/mol. The molecule has 6 aromatic rings. The van der Waals surface area contributed by atoms with Gasteiger partial charge in [-0.25, -0.2) is 9.78 Å². The summed E-state index contributed by atoms with van der Waals surface area (Å²) in [5.74, 6) is 0.256. The lowest BCUT2D eigenvalue weighted by atomic mass is 10.1. The summed E-state index contributed by atoms with van der Waals surface area (Å²) in [4.78, 5) is 29.3. The number of ether oxygens (including phenoxy) is 1. The molecule has 0 radical (unpaired) electrons. The Labute approximate surface area is 232 Å². The second-order valence-electron chi connectivity index (χ2n) is 8.97. The molecule has 0 unspecified atom stereocenters. The summed E-state index contributed by atoms with van der Waals surface area (Å²) in [6.45, 7) is 0.221. The molecule has 2 heterocycles. The zero-order valence-electron chi connectivity index (χ0n) is 20.8. The Bertz CT molecular complexity index is 1980. The lowest BCUT2D eigenvalue weighted by Crippen LogP contribution is -2.20. The smallest absolute Gasteiger partial charge is 0.335 e. The number of carboxylic acid groups (broad SMARTS) is 1. The van der Waals surface area contributed by atoms with E-state index < -0.39 is 5.97 Å². The van der Waals surface area contributed by atoms with E-state index in [2.05, 4.69) is 10.1 Å². The number of carboxylic acids is 1. The van der Waals surface area contributed by atoms with E-state index in [1.165, 1.54) is 10.7 Å². The van der Waals surface area contributed by atoms with E-state index in [1.807, 2.05) is 6.07 Å². The van der Waals surface area contributed by atoms with Crippen molar-refractivity contribution < 1.29 is 19.1 Å². The van der Waals surface area contributed by atoms with E-state index in [9.17, 15) is 9.59 Å². The highest BCUT2D eigenvalue weighted by Gasteiger charge is 2.16. The number of hydrogen-bond acceptors (Lipinski definition) is 6. The molecule has 0 amide bonds. The first-order valence-electron chi connectivity index (χ1n) is 12.3. The van der Waals surface area contributed by atoms with Gasteiger partial charge >= 0.3 is 5.97 Å². The molecule has 8 nitrogen and oxygen atoms in total. The highest BCUT2D eigenvalue weighted by Crippen LogP contribution is 2.29. The van der Waals surface area contributed by atoms with Crippen molar-refractivity contribution in [3.8, 4) is 17.3 Å². The lowest BCUT2D eigenvalue weighted by molar-refractivity contribution is 0.0696. The molecule has 0 aliphatic carbocycles. The van der Waals surface area contributed by atoms with Crippen LogP contribution in [0.3, 0.4) is 0 Å². The van der Waals surface area contributed by atoms with E-state index >= 15 is 0 Å². The predicted octanol–water partition coefficient (Wildman–Crippen LogP) is 6.62. The molecule has 0 bridgehead atoms. The van der Waals surface area contributed by atoms with Gasteiger partial charge in [0, 0.05) is 10.4 Å². The number of aromatic carboxylic acids is 1. The minimum Gasteiger partial charge on any atom is -0.489 e. The maximum absolute atomic E-state index is 13.4. The fourth-order valence-corrected chi connectivity index (χ4v) is 4.43. The Morgan fingerprint density at radius 1 is 1.00 bits per heavy atom. The van der Waals surface area contributed by atoms with E-state index in [0.717, 1.165) is 16.5 Å². The lowest BCUT2D eigenvalue weighted by Gasteiger charge is -2.08. The summed E-state index contributed by atoms with van der Waals surface area (Å²) in [6.07, 6.45) is 1.56. The number of rotatable bonds is 7. The number of hydrogen-bond donors (Lipinski definition) is 1. The van der Waals surface area contributed by atoms with Crippen LogP contribution in [0.2, 0.25) is 5.02 Å². The molecule has 2 aromatic heterocycles. The zero-order valence-corrected chi connectivity index (χ0v) is 21.6. The van der Waals surface area contributed by atoms with Gasteiger partial charge in [-0.15, -0.1) is 0 Å². The van der Waals surface area contributed by atoms with Crippen LogP contribution in [-0.4, -0.2) is 27.0 Å².